The molecule has 2 aliphatic rings. The molecule has 1 aliphatic heterocycles. The summed E-state index contributed by atoms with van der Waals surface area (Å²) in [5.41, 5.74) is 0.131. The van der Waals surface area contributed by atoms with Gasteiger partial charge in [-0.05, 0) is 31.6 Å². The Morgan fingerprint density at radius 3 is 2.44 bits per heavy atom. The van der Waals surface area contributed by atoms with Crippen molar-refractivity contribution in [3.05, 3.63) is 29.1 Å². The molecule has 2 unspecified atom stereocenters. The number of rotatable bonds is 8. The van der Waals surface area contributed by atoms with Gasteiger partial charge in [-0.3, -0.25) is 9.29 Å². The van der Waals surface area contributed by atoms with Gasteiger partial charge in [0.05, 0.1) is 5.02 Å². The van der Waals surface area contributed by atoms with E-state index < -0.39 is 21.4 Å². The summed E-state index contributed by atoms with van der Waals surface area (Å²) in [6, 6.07) is 0.0796. The van der Waals surface area contributed by atoms with Crippen LogP contribution in [0, 0.1) is 5.41 Å². The number of anilines is 1. The third kappa shape index (κ3) is 4.61. The predicted molar refractivity (Wildman–Crippen MR) is 119 cm³/mol. The van der Waals surface area contributed by atoms with Crippen molar-refractivity contribution in [1.82, 2.24) is 24.7 Å². The molecule has 10 nitrogen and oxygen atoms in total. The van der Waals surface area contributed by atoms with Gasteiger partial charge < -0.3 is 9.47 Å². The lowest BCUT2D eigenvalue weighted by molar-refractivity contribution is 0.0692. The first-order chi connectivity index (χ1) is 15.1. The summed E-state index contributed by atoms with van der Waals surface area (Å²) < 4.78 is 42.2. The summed E-state index contributed by atoms with van der Waals surface area (Å²) in [6.45, 7) is 7.16. The Labute approximate surface area is 193 Å². The highest BCUT2D eigenvalue weighted by Gasteiger charge is 2.50. The lowest BCUT2D eigenvalue weighted by Gasteiger charge is -2.27. The summed E-state index contributed by atoms with van der Waals surface area (Å²) in [4.78, 5) is 8.25. The molecule has 12 heteroatoms. The highest BCUT2D eigenvalue weighted by Crippen LogP contribution is 2.58. The molecule has 1 N–H and O–H groups in total. The minimum absolute atomic E-state index is 0.0796. The lowest BCUT2D eigenvalue weighted by Crippen LogP contribution is -2.34. The number of methoxy groups -OCH3 is 1. The SMILES string of the molecule is COC(c1ncc(Cl)cn1)C(C)S(=O)(=O)Nc1nnc([C@@H]2CC2(C)C)n1C1CCOCC1. The van der Waals surface area contributed by atoms with E-state index in [0.717, 1.165) is 25.1 Å². The second-order valence-corrected chi connectivity index (χ2v) is 11.6. The van der Waals surface area contributed by atoms with Crippen molar-refractivity contribution < 1.29 is 17.9 Å². The van der Waals surface area contributed by atoms with E-state index in [1.54, 1.807) is 6.92 Å². The topological polar surface area (TPSA) is 121 Å². The molecule has 0 amide bonds. The highest BCUT2D eigenvalue weighted by molar-refractivity contribution is 7.93. The van der Waals surface area contributed by atoms with Gasteiger partial charge in [0.15, 0.2) is 5.82 Å². The Kier molecular flexibility index (Phi) is 6.45. The van der Waals surface area contributed by atoms with Crippen molar-refractivity contribution in [2.75, 3.05) is 25.0 Å². The summed E-state index contributed by atoms with van der Waals surface area (Å²) in [5.74, 6) is 1.55. The predicted octanol–water partition coefficient (Wildman–Crippen LogP) is 3.10. The van der Waals surface area contributed by atoms with E-state index in [-0.39, 0.29) is 29.1 Å². The minimum Gasteiger partial charge on any atom is -0.381 e. The van der Waals surface area contributed by atoms with E-state index in [4.69, 9.17) is 21.1 Å². The molecule has 0 aromatic carbocycles. The molecule has 2 aromatic heterocycles. The van der Waals surface area contributed by atoms with Crippen LogP contribution >= 0.6 is 11.6 Å². The van der Waals surface area contributed by atoms with Gasteiger partial charge in [-0.25, -0.2) is 18.4 Å². The fourth-order valence-corrected chi connectivity index (χ4v) is 5.42. The molecule has 1 saturated carbocycles. The molecular weight excluding hydrogens is 456 g/mol. The van der Waals surface area contributed by atoms with Gasteiger partial charge in [-0.15, -0.1) is 10.2 Å². The van der Waals surface area contributed by atoms with Crippen LogP contribution in [0.3, 0.4) is 0 Å². The Morgan fingerprint density at radius 1 is 1.25 bits per heavy atom. The number of aromatic nitrogens is 5. The van der Waals surface area contributed by atoms with Crippen molar-refractivity contribution in [3.8, 4) is 0 Å². The average Bonchev–Trinajstić information content (AvgIpc) is 3.21. The maximum absolute atomic E-state index is 13.3. The molecule has 0 bridgehead atoms. The van der Waals surface area contributed by atoms with Crippen LogP contribution in [0.1, 0.15) is 69.7 Å². The van der Waals surface area contributed by atoms with Gasteiger partial charge >= 0.3 is 0 Å². The molecule has 0 spiro atoms. The molecule has 0 radical (unpaired) electrons. The molecule has 1 saturated heterocycles. The Bertz CT molecular complexity index is 1050. The largest absolute Gasteiger partial charge is 0.381 e. The van der Waals surface area contributed by atoms with Crippen LogP contribution in [0.4, 0.5) is 5.95 Å². The number of nitrogens with one attached hydrogen (secondary N) is 1. The number of sulfonamides is 1. The molecule has 2 aromatic rings. The second-order valence-electron chi connectivity index (χ2n) is 9.11. The smallest absolute Gasteiger partial charge is 0.240 e. The quantitative estimate of drug-likeness (QED) is 0.606. The fraction of sp³-hybridized carbons (Fsp3) is 0.700. The van der Waals surface area contributed by atoms with Crippen molar-refractivity contribution in [2.45, 2.75) is 63.3 Å². The Morgan fingerprint density at radius 2 is 1.88 bits per heavy atom. The molecule has 3 heterocycles. The lowest BCUT2D eigenvalue weighted by atomic mass is 10.1. The first-order valence-electron chi connectivity index (χ1n) is 10.7. The zero-order chi connectivity index (χ0) is 23.1. The monoisotopic (exact) mass is 484 g/mol. The summed E-state index contributed by atoms with van der Waals surface area (Å²) >= 11 is 5.86. The van der Waals surface area contributed by atoms with Crippen LogP contribution in [-0.4, -0.2) is 58.7 Å². The van der Waals surface area contributed by atoms with E-state index in [1.807, 2.05) is 4.57 Å². The van der Waals surface area contributed by atoms with Gasteiger partial charge in [0, 0.05) is 44.7 Å². The van der Waals surface area contributed by atoms with E-state index in [1.165, 1.54) is 19.5 Å². The molecule has 32 heavy (non-hydrogen) atoms. The molecule has 4 rings (SSSR count). The van der Waals surface area contributed by atoms with Crippen molar-refractivity contribution in [1.29, 1.82) is 0 Å². The third-order valence-corrected chi connectivity index (χ3v) is 8.29. The maximum atomic E-state index is 13.3. The van der Waals surface area contributed by atoms with E-state index in [2.05, 4.69) is 38.7 Å². The van der Waals surface area contributed by atoms with Gasteiger partial charge in [-0.2, -0.15) is 0 Å². The fourth-order valence-electron chi connectivity index (χ4n) is 4.18. The number of hydrogen-bond donors (Lipinski definition) is 1. The third-order valence-electron chi connectivity index (χ3n) is 6.40. The second kappa shape index (κ2) is 8.85. The van der Waals surface area contributed by atoms with E-state index in [9.17, 15) is 8.42 Å². The van der Waals surface area contributed by atoms with Crippen LogP contribution in [0.15, 0.2) is 12.4 Å². The average molecular weight is 485 g/mol. The normalized spacial score (nSPS) is 23.0. The molecule has 1 aliphatic carbocycles. The number of hydrogen-bond acceptors (Lipinski definition) is 8. The zero-order valence-corrected chi connectivity index (χ0v) is 20.2. The van der Waals surface area contributed by atoms with Gasteiger partial charge in [0.25, 0.3) is 0 Å². The molecule has 3 atom stereocenters. The number of nitrogens with zero attached hydrogens (tertiary/aromatic N) is 5. The Balaban J connectivity index is 1.62. The summed E-state index contributed by atoms with van der Waals surface area (Å²) in [6.07, 6.45) is 4.49. The van der Waals surface area contributed by atoms with Crippen LogP contribution in [0.2, 0.25) is 5.02 Å². The molecular formula is C20H29ClN6O4S. The first-order valence-corrected chi connectivity index (χ1v) is 12.6. The first kappa shape index (κ1) is 23.3. The van der Waals surface area contributed by atoms with Crippen LogP contribution in [-0.2, 0) is 19.5 Å². The van der Waals surface area contributed by atoms with E-state index in [0.29, 0.717) is 18.2 Å². The zero-order valence-electron chi connectivity index (χ0n) is 18.7. The highest BCUT2D eigenvalue weighted by atomic mass is 35.5. The minimum atomic E-state index is -3.91. The standard InChI is InChI=1S/C20H29ClN6O4S/c1-12(16(30-4)17-22-10-13(21)11-23-17)32(28,29)26-19-25-24-18(15-9-20(15,2)3)27(19)14-5-7-31-8-6-14/h10-12,14-16H,5-9H2,1-4H3,(H,25,26)/t12?,15-,16?/m0/s1. The van der Waals surface area contributed by atoms with Crippen molar-refractivity contribution in [3.63, 3.8) is 0 Å². The summed E-state index contributed by atoms with van der Waals surface area (Å²) in [5, 5.41) is 8.01. The maximum Gasteiger partial charge on any atom is 0.240 e. The Hall–Kier alpha value is -1.82. The van der Waals surface area contributed by atoms with Crippen LogP contribution in [0.25, 0.3) is 0 Å². The van der Waals surface area contributed by atoms with Crippen molar-refractivity contribution in [2.24, 2.45) is 5.41 Å². The van der Waals surface area contributed by atoms with Crippen molar-refractivity contribution >= 4 is 27.6 Å². The number of ether oxygens (including phenoxy) is 2. The van der Waals surface area contributed by atoms with Crippen LogP contribution in [0.5, 0.6) is 0 Å². The van der Waals surface area contributed by atoms with Gasteiger partial charge in [0.1, 0.15) is 17.2 Å². The summed E-state index contributed by atoms with van der Waals surface area (Å²) in [7, 11) is -2.48. The molecule has 2 fully saturated rings. The van der Waals surface area contributed by atoms with Gasteiger partial charge in [0.2, 0.25) is 16.0 Å². The number of halogens is 1. The van der Waals surface area contributed by atoms with E-state index >= 15 is 0 Å². The van der Waals surface area contributed by atoms with Crippen LogP contribution < -0.4 is 4.72 Å². The molecule has 176 valence electrons. The van der Waals surface area contributed by atoms with Gasteiger partial charge in [-0.1, -0.05) is 25.4 Å².